The average molecular weight is 450 g/mol. The van der Waals surface area contributed by atoms with E-state index in [1.54, 1.807) is 0 Å². The lowest BCUT2D eigenvalue weighted by molar-refractivity contribution is 0.167. The Kier molecular flexibility index (Phi) is 9.46. The van der Waals surface area contributed by atoms with E-state index in [9.17, 15) is 0 Å². The number of aliphatic imine (C=N–C) groups is 1. The molecular weight excluding hydrogens is 419 g/mol. The fourth-order valence-corrected chi connectivity index (χ4v) is 3.62. The monoisotopic (exact) mass is 450 g/mol. The zero-order valence-corrected chi connectivity index (χ0v) is 17.9. The van der Waals surface area contributed by atoms with Crippen LogP contribution in [0.15, 0.2) is 17.1 Å². The number of hydrogen-bond acceptors (Lipinski definition) is 3. The molecule has 1 aliphatic heterocycles. The van der Waals surface area contributed by atoms with Crippen LogP contribution in [-0.4, -0.2) is 42.6 Å². The topological polar surface area (TPSA) is 39.7 Å². The second kappa shape index (κ2) is 10.5. The number of hydrogen-bond donors (Lipinski definition) is 2. The van der Waals surface area contributed by atoms with Crippen molar-refractivity contribution in [3.05, 3.63) is 21.9 Å². The highest BCUT2D eigenvalue weighted by Gasteiger charge is 2.21. The Bertz CT molecular complexity index is 479. The quantitative estimate of drug-likeness (QED) is 0.409. The van der Waals surface area contributed by atoms with Crippen molar-refractivity contribution in [2.45, 2.75) is 59.2 Å². The maximum Gasteiger partial charge on any atom is 0.191 e. The Morgan fingerprint density at radius 3 is 2.57 bits per heavy atom. The first-order valence-corrected chi connectivity index (χ1v) is 9.24. The van der Waals surface area contributed by atoms with Gasteiger partial charge in [0.05, 0.1) is 6.54 Å². The molecule has 0 radical (unpaired) electrons. The summed E-state index contributed by atoms with van der Waals surface area (Å²) in [7, 11) is 0. The molecule has 4 nitrogen and oxygen atoms in total. The highest BCUT2D eigenvalue weighted by molar-refractivity contribution is 14.0. The Morgan fingerprint density at radius 1 is 1.35 bits per heavy atom. The van der Waals surface area contributed by atoms with Crippen molar-refractivity contribution in [3.8, 4) is 0 Å². The van der Waals surface area contributed by atoms with Gasteiger partial charge >= 0.3 is 0 Å². The van der Waals surface area contributed by atoms with Gasteiger partial charge in [-0.15, -0.1) is 35.3 Å². The fourth-order valence-electron chi connectivity index (χ4n) is 2.80. The van der Waals surface area contributed by atoms with Crippen LogP contribution in [-0.2, 0) is 6.54 Å². The maximum absolute atomic E-state index is 4.74. The minimum atomic E-state index is 0. The van der Waals surface area contributed by atoms with Crippen LogP contribution in [0.5, 0.6) is 0 Å². The highest BCUT2D eigenvalue weighted by atomic mass is 127. The van der Waals surface area contributed by atoms with Gasteiger partial charge in [-0.3, -0.25) is 0 Å². The first-order valence-electron chi connectivity index (χ1n) is 8.42. The molecule has 2 heterocycles. The summed E-state index contributed by atoms with van der Waals surface area (Å²) in [6, 6.07) is 5.54. The molecule has 132 valence electrons. The number of nitrogens with zero attached hydrogens (tertiary/aromatic N) is 2. The fraction of sp³-hybridized carbons (Fsp3) is 0.706. The first-order chi connectivity index (χ1) is 10.6. The number of rotatable bonds is 5. The molecule has 0 amide bonds. The van der Waals surface area contributed by atoms with Crippen LogP contribution in [0.2, 0.25) is 0 Å². The summed E-state index contributed by atoms with van der Waals surface area (Å²) in [5.41, 5.74) is 0. The number of thiophene rings is 1. The van der Waals surface area contributed by atoms with Crippen molar-refractivity contribution >= 4 is 41.3 Å². The van der Waals surface area contributed by atoms with Crippen LogP contribution in [0.25, 0.3) is 0 Å². The molecule has 1 aromatic rings. The van der Waals surface area contributed by atoms with Gasteiger partial charge in [-0.1, -0.05) is 0 Å². The van der Waals surface area contributed by atoms with Crippen molar-refractivity contribution in [2.24, 2.45) is 4.99 Å². The second-order valence-corrected chi connectivity index (χ2v) is 7.63. The van der Waals surface area contributed by atoms with Gasteiger partial charge in [0, 0.05) is 41.5 Å². The van der Waals surface area contributed by atoms with E-state index >= 15 is 0 Å². The van der Waals surface area contributed by atoms with Crippen LogP contribution in [0, 0.1) is 6.92 Å². The number of piperidine rings is 1. The Balaban J connectivity index is 0.00000264. The second-order valence-electron chi connectivity index (χ2n) is 6.26. The van der Waals surface area contributed by atoms with Crippen LogP contribution in [0.4, 0.5) is 0 Å². The van der Waals surface area contributed by atoms with Gasteiger partial charge in [0.25, 0.3) is 0 Å². The summed E-state index contributed by atoms with van der Waals surface area (Å²) in [5, 5.41) is 6.98. The summed E-state index contributed by atoms with van der Waals surface area (Å²) >= 11 is 1.83. The molecule has 2 rings (SSSR count). The molecule has 1 aliphatic rings. The van der Waals surface area contributed by atoms with Crippen molar-refractivity contribution in [1.82, 2.24) is 15.5 Å². The normalized spacial score (nSPS) is 17.2. The maximum atomic E-state index is 4.74. The largest absolute Gasteiger partial charge is 0.357 e. The van der Waals surface area contributed by atoms with Gasteiger partial charge in [-0.05, 0) is 52.7 Å². The summed E-state index contributed by atoms with van der Waals surface area (Å²) in [4.78, 5) is 9.96. The molecular formula is C17H31IN4S. The number of likely N-dealkylation sites (tertiary alicyclic amines) is 1. The van der Waals surface area contributed by atoms with E-state index in [0.29, 0.717) is 12.1 Å². The molecule has 0 bridgehead atoms. The molecule has 0 unspecified atom stereocenters. The first kappa shape index (κ1) is 20.7. The average Bonchev–Trinajstić information content (AvgIpc) is 2.91. The number of nitrogens with one attached hydrogen (secondary N) is 2. The van der Waals surface area contributed by atoms with E-state index in [1.165, 1.54) is 35.7 Å². The molecule has 1 fully saturated rings. The van der Waals surface area contributed by atoms with Gasteiger partial charge in [0.2, 0.25) is 0 Å². The van der Waals surface area contributed by atoms with Gasteiger partial charge in [0.1, 0.15) is 0 Å². The lowest BCUT2D eigenvalue weighted by Gasteiger charge is -2.35. The van der Waals surface area contributed by atoms with Crippen LogP contribution < -0.4 is 10.6 Å². The molecule has 0 aromatic carbocycles. The standard InChI is InChI=1S/C17H30N4S.HI/c1-5-18-17(19-12-16-7-6-14(4)22-16)20-15-8-10-21(11-9-15)13(2)3;/h6-7,13,15H,5,8-12H2,1-4H3,(H2,18,19,20);1H. The lowest BCUT2D eigenvalue weighted by atomic mass is 10.0. The van der Waals surface area contributed by atoms with Gasteiger partial charge in [-0.25, -0.2) is 4.99 Å². The van der Waals surface area contributed by atoms with Crippen LogP contribution in [0.1, 0.15) is 43.4 Å². The molecule has 1 aromatic heterocycles. The number of halogens is 1. The van der Waals surface area contributed by atoms with E-state index in [0.717, 1.165) is 19.0 Å². The van der Waals surface area contributed by atoms with E-state index in [-0.39, 0.29) is 24.0 Å². The highest BCUT2D eigenvalue weighted by Crippen LogP contribution is 2.16. The zero-order chi connectivity index (χ0) is 15.9. The number of guanidine groups is 1. The van der Waals surface area contributed by atoms with Crippen molar-refractivity contribution < 1.29 is 0 Å². The predicted molar refractivity (Wildman–Crippen MR) is 112 cm³/mol. The summed E-state index contributed by atoms with van der Waals surface area (Å²) in [5.74, 6) is 0.955. The lowest BCUT2D eigenvalue weighted by Crippen LogP contribution is -2.49. The van der Waals surface area contributed by atoms with Gasteiger partial charge in [-0.2, -0.15) is 0 Å². The van der Waals surface area contributed by atoms with Crippen LogP contribution >= 0.6 is 35.3 Å². The Morgan fingerprint density at radius 2 is 2.04 bits per heavy atom. The summed E-state index contributed by atoms with van der Waals surface area (Å²) < 4.78 is 0. The molecule has 0 atom stereocenters. The smallest absolute Gasteiger partial charge is 0.191 e. The van der Waals surface area contributed by atoms with Crippen molar-refractivity contribution in [3.63, 3.8) is 0 Å². The van der Waals surface area contributed by atoms with Gasteiger partial charge in [0.15, 0.2) is 5.96 Å². The third-order valence-corrected chi connectivity index (χ3v) is 5.12. The summed E-state index contributed by atoms with van der Waals surface area (Å²) in [6.07, 6.45) is 2.39. The van der Waals surface area contributed by atoms with Gasteiger partial charge < -0.3 is 15.5 Å². The molecule has 0 aliphatic carbocycles. The molecule has 6 heteroatoms. The van der Waals surface area contributed by atoms with E-state index in [4.69, 9.17) is 4.99 Å². The molecule has 1 saturated heterocycles. The minimum absolute atomic E-state index is 0. The molecule has 0 saturated carbocycles. The number of aryl methyl sites for hydroxylation is 1. The zero-order valence-electron chi connectivity index (χ0n) is 14.8. The van der Waals surface area contributed by atoms with Crippen molar-refractivity contribution in [2.75, 3.05) is 19.6 Å². The van der Waals surface area contributed by atoms with E-state index in [1.807, 2.05) is 11.3 Å². The Labute approximate surface area is 162 Å². The third-order valence-electron chi connectivity index (χ3n) is 4.13. The van der Waals surface area contributed by atoms with E-state index in [2.05, 4.69) is 55.4 Å². The molecule has 23 heavy (non-hydrogen) atoms. The Hall–Kier alpha value is -0.340. The molecule has 0 spiro atoms. The van der Waals surface area contributed by atoms with E-state index < -0.39 is 0 Å². The predicted octanol–water partition coefficient (Wildman–Crippen LogP) is 3.60. The summed E-state index contributed by atoms with van der Waals surface area (Å²) in [6.45, 7) is 12.8. The minimum Gasteiger partial charge on any atom is -0.357 e. The third kappa shape index (κ3) is 6.97. The molecule has 2 N–H and O–H groups in total. The SMILES string of the molecule is CCNC(=NCc1ccc(C)s1)NC1CCN(C(C)C)CC1.I. The van der Waals surface area contributed by atoms with Crippen molar-refractivity contribution in [1.29, 1.82) is 0 Å². The van der Waals surface area contributed by atoms with Crippen LogP contribution in [0.3, 0.4) is 0 Å².